The molecule has 0 N–H and O–H groups in total. The molecule has 3 heterocycles. The Morgan fingerprint density at radius 3 is 1.80 bits per heavy atom. The van der Waals surface area contributed by atoms with Crippen molar-refractivity contribution in [3.63, 3.8) is 0 Å². The molecule has 11 aromatic rings. The average Bonchev–Trinajstić information content (AvgIpc) is 3.80. The fourth-order valence-corrected chi connectivity index (χ4v) is 10.6. The van der Waals surface area contributed by atoms with Gasteiger partial charge in [0, 0.05) is 64.0 Å². The molecule has 3 nitrogen and oxygen atoms in total. The van der Waals surface area contributed by atoms with Crippen molar-refractivity contribution in [3.05, 3.63) is 199 Å². The number of hydrogen-bond donors (Lipinski definition) is 0. The maximum absolute atomic E-state index is 5.40. The molecule has 0 atom stereocenters. The van der Waals surface area contributed by atoms with E-state index in [0.717, 1.165) is 61.8 Å². The monoisotopic (exact) mass is 783 g/mol. The molecule has 0 saturated heterocycles. The van der Waals surface area contributed by atoms with Crippen LogP contribution in [0.5, 0.6) is 0 Å². The maximum atomic E-state index is 5.40. The molecule has 0 fully saturated rings. The summed E-state index contributed by atoms with van der Waals surface area (Å²) in [6.45, 7) is 4.63. The minimum Gasteiger partial charge on any atom is -0.247 e. The Kier molecular flexibility index (Phi) is 7.75. The van der Waals surface area contributed by atoms with Crippen molar-refractivity contribution in [3.8, 4) is 67.4 Å². The highest BCUT2D eigenvalue weighted by atomic mass is 32.1. The van der Waals surface area contributed by atoms with Crippen LogP contribution in [0.2, 0.25) is 0 Å². The van der Waals surface area contributed by atoms with Crippen molar-refractivity contribution in [2.24, 2.45) is 0 Å². The maximum Gasteiger partial charge on any atom is 0.160 e. The Balaban J connectivity index is 0.977. The van der Waals surface area contributed by atoms with Gasteiger partial charge in [0.05, 0.1) is 22.6 Å². The number of fused-ring (bicyclic) bond motifs is 10. The first-order chi connectivity index (χ1) is 29.5. The van der Waals surface area contributed by atoms with Gasteiger partial charge in [-0.2, -0.15) is 0 Å². The SMILES string of the molecule is CC1(C)c2ccccc2-c2cc(-c3nc(-c4ccccc4)cc(-c4ccc(-c5ccc6c(c5)nc(-c5ccccc5)c5ccc7sc8ccccc8c7c56)cc4)n3)ccc21. The van der Waals surface area contributed by atoms with Crippen molar-refractivity contribution >= 4 is 53.2 Å². The van der Waals surface area contributed by atoms with Gasteiger partial charge < -0.3 is 0 Å². The van der Waals surface area contributed by atoms with Gasteiger partial charge in [-0.3, -0.25) is 0 Å². The number of nitrogens with zero attached hydrogens (tertiary/aromatic N) is 3. The largest absolute Gasteiger partial charge is 0.247 e. The molecule has 1 aliphatic carbocycles. The van der Waals surface area contributed by atoms with E-state index in [1.54, 1.807) is 0 Å². The minimum atomic E-state index is -0.0609. The smallest absolute Gasteiger partial charge is 0.160 e. The normalized spacial score (nSPS) is 13.0. The number of thiophene rings is 1. The van der Waals surface area contributed by atoms with E-state index >= 15 is 0 Å². The first-order valence-corrected chi connectivity index (χ1v) is 21.3. The predicted molar refractivity (Wildman–Crippen MR) is 252 cm³/mol. The Morgan fingerprint density at radius 1 is 0.383 bits per heavy atom. The Morgan fingerprint density at radius 2 is 1.00 bits per heavy atom. The first-order valence-electron chi connectivity index (χ1n) is 20.5. The van der Waals surface area contributed by atoms with Gasteiger partial charge in [-0.1, -0.05) is 172 Å². The van der Waals surface area contributed by atoms with E-state index in [2.05, 4.69) is 196 Å². The summed E-state index contributed by atoms with van der Waals surface area (Å²) in [4.78, 5) is 15.8. The van der Waals surface area contributed by atoms with Crippen LogP contribution in [0.4, 0.5) is 0 Å². The summed E-state index contributed by atoms with van der Waals surface area (Å²) in [5.74, 6) is 0.718. The first kappa shape index (κ1) is 34.7. The second-order valence-electron chi connectivity index (χ2n) is 16.4. The summed E-state index contributed by atoms with van der Waals surface area (Å²) < 4.78 is 2.60. The quantitative estimate of drug-likeness (QED) is 0.163. The molecule has 0 radical (unpaired) electrons. The summed E-state index contributed by atoms with van der Waals surface area (Å²) in [5, 5.41) is 6.21. The van der Waals surface area contributed by atoms with Gasteiger partial charge in [-0.15, -0.1) is 11.3 Å². The minimum absolute atomic E-state index is 0.0609. The van der Waals surface area contributed by atoms with Gasteiger partial charge in [-0.25, -0.2) is 15.0 Å². The zero-order valence-corrected chi connectivity index (χ0v) is 34.0. The fourth-order valence-electron chi connectivity index (χ4n) is 9.48. The third kappa shape index (κ3) is 5.45. The summed E-state index contributed by atoms with van der Waals surface area (Å²) >= 11 is 1.86. The van der Waals surface area contributed by atoms with Crippen LogP contribution in [0.25, 0.3) is 109 Å². The Bertz CT molecular complexity index is 3490. The van der Waals surface area contributed by atoms with Crippen LogP contribution < -0.4 is 0 Å². The molecule has 0 bridgehead atoms. The second kappa shape index (κ2) is 13.4. The molecule has 3 aromatic heterocycles. The molecular formula is C56H37N3S. The van der Waals surface area contributed by atoms with E-state index < -0.39 is 0 Å². The molecule has 8 aromatic carbocycles. The third-order valence-electron chi connectivity index (χ3n) is 12.5. The van der Waals surface area contributed by atoms with Gasteiger partial charge in [-0.05, 0) is 63.7 Å². The van der Waals surface area contributed by atoms with E-state index in [4.69, 9.17) is 15.0 Å². The Hall–Kier alpha value is -7.27. The lowest BCUT2D eigenvalue weighted by Gasteiger charge is -2.21. The van der Waals surface area contributed by atoms with Gasteiger partial charge in [0.1, 0.15) is 0 Å². The van der Waals surface area contributed by atoms with Gasteiger partial charge in [0.15, 0.2) is 5.82 Å². The van der Waals surface area contributed by atoms with Gasteiger partial charge in [0.2, 0.25) is 0 Å². The van der Waals surface area contributed by atoms with Crippen molar-refractivity contribution in [1.82, 2.24) is 15.0 Å². The van der Waals surface area contributed by atoms with Crippen LogP contribution in [0.1, 0.15) is 25.0 Å². The highest BCUT2D eigenvalue weighted by Crippen LogP contribution is 2.50. The molecule has 0 unspecified atom stereocenters. The Labute approximate surface area is 352 Å². The van der Waals surface area contributed by atoms with Crippen LogP contribution in [0.15, 0.2) is 188 Å². The number of pyridine rings is 1. The van der Waals surface area contributed by atoms with Crippen molar-refractivity contribution in [2.45, 2.75) is 19.3 Å². The topological polar surface area (TPSA) is 38.7 Å². The van der Waals surface area contributed by atoms with Crippen molar-refractivity contribution in [2.75, 3.05) is 0 Å². The van der Waals surface area contributed by atoms with E-state index in [1.165, 1.54) is 58.6 Å². The third-order valence-corrected chi connectivity index (χ3v) is 13.6. The van der Waals surface area contributed by atoms with E-state index in [0.29, 0.717) is 0 Å². The van der Waals surface area contributed by atoms with Crippen LogP contribution in [-0.4, -0.2) is 15.0 Å². The van der Waals surface area contributed by atoms with E-state index in [9.17, 15) is 0 Å². The summed E-state index contributed by atoms with van der Waals surface area (Å²) in [6.07, 6.45) is 0. The van der Waals surface area contributed by atoms with E-state index in [1.807, 2.05) is 17.4 Å². The molecule has 0 spiro atoms. The number of aromatic nitrogens is 3. The number of rotatable bonds is 5. The summed E-state index contributed by atoms with van der Waals surface area (Å²) in [7, 11) is 0. The van der Waals surface area contributed by atoms with Crippen LogP contribution in [-0.2, 0) is 5.41 Å². The average molecular weight is 784 g/mol. The predicted octanol–water partition coefficient (Wildman–Crippen LogP) is 15.2. The standard InChI is InChI=1S/C56H37N3S/c1-56(2)45-19-11-9-17-40(45)44-31-39(26-29-46(44)56)55-58-47(35-13-5-3-6-14-35)33-48(59-55)36-23-21-34(22-24-36)38-25-27-41-49(32-38)57-54(37-15-7-4-8-16-37)43-28-30-51-53(52(41)43)42-18-10-12-20-50(42)60-51/h3-33H,1-2H3. The second-order valence-corrected chi connectivity index (χ2v) is 17.4. The lowest BCUT2D eigenvalue weighted by Crippen LogP contribution is -2.14. The lowest BCUT2D eigenvalue weighted by atomic mass is 9.82. The summed E-state index contributed by atoms with van der Waals surface area (Å²) in [6, 6.07) is 67.5. The highest BCUT2D eigenvalue weighted by Gasteiger charge is 2.35. The molecule has 0 aliphatic heterocycles. The molecular weight excluding hydrogens is 747 g/mol. The van der Waals surface area contributed by atoms with Crippen molar-refractivity contribution in [1.29, 1.82) is 0 Å². The molecule has 60 heavy (non-hydrogen) atoms. The summed E-state index contributed by atoms with van der Waals surface area (Å²) in [5.41, 5.74) is 15.4. The van der Waals surface area contributed by atoms with E-state index in [-0.39, 0.29) is 5.41 Å². The zero-order chi connectivity index (χ0) is 40.0. The molecule has 1 aliphatic rings. The molecule has 12 rings (SSSR count). The molecule has 0 amide bonds. The zero-order valence-electron chi connectivity index (χ0n) is 33.1. The number of hydrogen-bond acceptors (Lipinski definition) is 4. The highest BCUT2D eigenvalue weighted by molar-refractivity contribution is 7.26. The van der Waals surface area contributed by atoms with Crippen LogP contribution in [0.3, 0.4) is 0 Å². The lowest BCUT2D eigenvalue weighted by molar-refractivity contribution is 0.660. The molecule has 0 saturated carbocycles. The van der Waals surface area contributed by atoms with Gasteiger partial charge in [0.25, 0.3) is 0 Å². The molecule has 282 valence electrons. The van der Waals surface area contributed by atoms with Crippen LogP contribution >= 0.6 is 11.3 Å². The van der Waals surface area contributed by atoms with Crippen LogP contribution in [0, 0.1) is 0 Å². The van der Waals surface area contributed by atoms with Gasteiger partial charge >= 0.3 is 0 Å². The number of benzene rings is 8. The van der Waals surface area contributed by atoms with Crippen molar-refractivity contribution < 1.29 is 0 Å². The fraction of sp³-hybridized carbons (Fsp3) is 0.0536. The molecule has 4 heteroatoms.